The average molecular weight is 286 g/mol. The molecular formula is C15H30N2O3. The van der Waals surface area contributed by atoms with Crippen molar-refractivity contribution in [2.75, 3.05) is 19.7 Å². The Morgan fingerprint density at radius 1 is 1.25 bits per heavy atom. The minimum absolute atomic E-state index is 0.0997. The first kappa shape index (κ1) is 17.2. The zero-order valence-electron chi connectivity index (χ0n) is 13.7. The number of aliphatic hydroxyl groups excluding tert-OH is 1. The number of hydrogen-bond donors (Lipinski definition) is 2. The zero-order chi connectivity index (χ0) is 15.6. The third kappa shape index (κ3) is 5.29. The molecule has 1 fully saturated rings. The lowest BCUT2D eigenvalue weighted by molar-refractivity contribution is 0.00626. The Morgan fingerprint density at radius 2 is 1.80 bits per heavy atom. The molecule has 1 saturated carbocycles. The molecule has 2 N–H and O–H groups in total. The molecule has 0 saturated heterocycles. The Hall–Kier alpha value is -0.810. The summed E-state index contributed by atoms with van der Waals surface area (Å²) >= 11 is 0. The molecule has 1 amide bonds. The van der Waals surface area contributed by atoms with Crippen LogP contribution in [0.1, 0.15) is 54.4 Å². The molecule has 0 aliphatic heterocycles. The Labute approximate surface area is 122 Å². The van der Waals surface area contributed by atoms with E-state index < -0.39 is 5.60 Å². The maximum Gasteiger partial charge on any atom is 0.410 e. The third-order valence-electron chi connectivity index (χ3n) is 3.42. The number of amides is 1. The van der Waals surface area contributed by atoms with Crippen LogP contribution in [0.25, 0.3) is 0 Å². The van der Waals surface area contributed by atoms with Crippen LogP contribution >= 0.6 is 0 Å². The minimum atomic E-state index is -0.489. The third-order valence-corrected chi connectivity index (χ3v) is 3.42. The topological polar surface area (TPSA) is 61.8 Å². The van der Waals surface area contributed by atoms with E-state index in [4.69, 9.17) is 4.74 Å². The molecule has 0 atom stereocenters. The van der Waals surface area contributed by atoms with E-state index in [9.17, 15) is 9.90 Å². The van der Waals surface area contributed by atoms with Crippen LogP contribution in [0.15, 0.2) is 0 Å². The molecule has 0 bridgehead atoms. The van der Waals surface area contributed by atoms with Crippen LogP contribution in [0.3, 0.4) is 0 Å². The van der Waals surface area contributed by atoms with Crippen molar-refractivity contribution in [1.29, 1.82) is 0 Å². The van der Waals surface area contributed by atoms with Crippen LogP contribution in [0.2, 0.25) is 0 Å². The van der Waals surface area contributed by atoms with Crippen LogP contribution in [-0.4, -0.2) is 52.5 Å². The van der Waals surface area contributed by atoms with Crippen molar-refractivity contribution in [3.63, 3.8) is 0 Å². The summed E-state index contributed by atoms with van der Waals surface area (Å²) in [6, 6.07) is 0. The molecule has 0 radical (unpaired) electrons. The van der Waals surface area contributed by atoms with Gasteiger partial charge in [-0.15, -0.1) is 0 Å². The van der Waals surface area contributed by atoms with Gasteiger partial charge in [-0.2, -0.15) is 0 Å². The molecule has 5 nitrogen and oxygen atoms in total. The number of ether oxygens (including phenoxy) is 1. The zero-order valence-corrected chi connectivity index (χ0v) is 13.7. The lowest BCUT2D eigenvalue weighted by atomic mass is 10.1. The van der Waals surface area contributed by atoms with Gasteiger partial charge in [-0.1, -0.05) is 0 Å². The Balaban J connectivity index is 2.54. The van der Waals surface area contributed by atoms with Crippen LogP contribution in [0.4, 0.5) is 4.79 Å². The maximum atomic E-state index is 12.3. The quantitative estimate of drug-likeness (QED) is 0.813. The molecule has 118 valence electrons. The fourth-order valence-corrected chi connectivity index (χ4v) is 1.99. The summed E-state index contributed by atoms with van der Waals surface area (Å²) in [5, 5.41) is 12.6. The fraction of sp³-hybridized carbons (Fsp3) is 0.933. The van der Waals surface area contributed by atoms with Gasteiger partial charge in [0.2, 0.25) is 0 Å². The molecule has 5 heteroatoms. The van der Waals surface area contributed by atoms with E-state index in [-0.39, 0.29) is 23.8 Å². The van der Waals surface area contributed by atoms with Gasteiger partial charge in [-0.25, -0.2) is 4.79 Å². The van der Waals surface area contributed by atoms with Gasteiger partial charge in [0.15, 0.2) is 0 Å². The first-order chi connectivity index (χ1) is 8.99. The Bertz CT molecular complexity index is 338. The normalized spacial score (nSPS) is 17.8. The molecule has 1 aliphatic rings. The summed E-state index contributed by atoms with van der Waals surface area (Å²) in [5.41, 5.74) is -0.881. The van der Waals surface area contributed by atoms with E-state index >= 15 is 0 Å². The second-order valence-corrected chi connectivity index (χ2v) is 7.67. The van der Waals surface area contributed by atoms with E-state index in [2.05, 4.69) is 5.32 Å². The highest BCUT2D eigenvalue weighted by atomic mass is 16.6. The van der Waals surface area contributed by atoms with Gasteiger partial charge >= 0.3 is 6.09 Å². The maximum absolute atomic E-state index is 12.3. The van der Waals surface area contributed by atoms with E-state index in [1.807, 2.05) is 41.5 Å². The Kier molecular flexibility index (Phi) is 5.08. The van der Waals surface area contributed by atoms with Crippen LogP contribution in [0.5, 0.6) is 0 Å². The summed E-state index contributed by atoms with van der Waals surface area (Å²) in [5.74, 6) is 0. The van der Waals surface area contributed by atoms with Crippen molar-refractivity contribution in [3.05, 3.63) is 0 Å². The smallest absolute Gasteiger partial charge is 0.410 e. The van der Waals surface area contributed by atoms with Gasteiger partial charge in [0.25, 0.3) is 0 Å². The first-order valence-corrected chi connectivity index (χ1v) is 7.36. The van der Waals surface area contributed by atoms with Crippen LogP contribution in [-0.2, 0) is 4.74 Å². The Morgan fingerprint density at radius 3 is 2.15 bits per heavy atom. The summed E-state index contributed by atoms with van der Waals surface area (Å²) in [7, 11) is 0. The van der Waals surface area contributed by atoms with E-state index in [0.717, 1.165) is 12.8 Å². The lowest BCUT2D eigenvalue weighted by Gasteiger charge is -2.37. The fourth-order valence-electron chi connectivity index (χ4n) is 1.99. The van der Waals surface area contributed by atoms with Gasteiger partial charge in [0.1, 0.15) is 5.60 Å². The summed E-state index contributed by atoms with van der Waals surface area (Å²) in [6.45, 7) is 13.0. The predicted octanol–water partition coefficient (Wildman–Crippen LogP) is 2.14. The summed E-state index contributed by atoms with van der Waals surface area (Å²) < 4.78 is 5.46. The van der Waals surface area contributed by atoms with Crippen molar-refractivity contribution in [2.24, 2.45) is 0 Å². The SMILES string of the molecule is CC(C)(C)OC(=O)N(CCNC1(CO)CC1)C(C)(C)C. The number of carbonyl (C=O) groups is 1. The van der Waals surface area contributed by atoms with Crippen molar-refractivity contribution >= 4 is 6.09 Å². The van der Waals surface area contributed by atoms with Gasteiger partial charge < -0.3 is 20.1 Å². The van der Waals surface area contributed by atoms with Crippen LogP contribution in [0, 0.1) is 0 Å². The average Bonchev–Trinajstić information content (AvgIpc) is 3.00. The highest BCUT2D eigenvalue weighted by molar-refractivity contribution is 5.69. The summed E-state index contributed by atoms with van der Waals surface area (Å²) in [4.78, 5) is 14.0. The van der Waals surface area contributed by atoms with E-state index in [1.165, 1.54) is 0 Å². The first-order valence-electron chi connectivity index (χ1n) is 7.36. The second-order valence-electron chi connectivity index (χ2n) is 7.67. The van der Waals surface area contributed by atoms with E-state index in [1.54, 1.807) is 4.90 Å². The largest absolute Gasteiger partial charge is 0.444 e. The predicted molar refractivity (Wildman–Crippen MR) is 79.7 cm³/mol. The second kappa shape index (κ2) is 5.90. The number of aliphatic hydroxyl groups is 1. The van der Waals surface area contributed by atoms with Gasteiger partial charge in [0, 0.05) is 24.2 Å². The van der Waals surface area contributed by atoms with E-state index in [0.29, 0.717) is 13.1 Å². The van der Waals surface area contributed by atoms with Crippen molar-refractivity contribution in [2.45, 2.75) is 71.1 Å². The van der Waals surface area contributed by atoms with Gasteiger partial charge in [-0.05, 0) is 54.4 Å². The standard InChI is InChI=1S/C15H30N2O3/c1-13(2,3)17(12(19)20-14(4,5)6)10-9-16-15(11-18)7-8-15/h16,18H,7-11H2,1-6H3. The summed E-state index contributed by atoms with van der Waals surface area (Å²) in [6.07, 6.45) is 1.72. The minimum Gasteiger partial charge on any atom is -0.444 e. The van der Waals surface area contributed by atoms with Crippen molar-refractivity contribution < 1.29 is 14.6 Å². The molecule has 0 spiro atoms. The molecule has 0 aromatic carbocycles. The number of nitrogens with one attached hydrogen (secondary N) is 1. The molecule has 20 heavy (non-hydrogen) atoms. The van der Waals surface area contributed by atoms with Crippen molar-refractivity contribution in [1.82, 2.24) is 10.2 Å². The van der Waals surface area contributed by atoms with Gasteiger partial charge in [-0.3, -0.25) is 0 Å². The van der Waals surface area contributed by atoms with Crippen molar-refractivity contribution in [3.8, 4) is 0 Å². The number of carbonyl (C=O) groups excluding carboxylic acids is 1. The molecule has 0 aromatic rings. The lowest BCUT2D eigenvalue weighted by Crippen LogP contribution is -2.51. The molecule has 0 unspecified atom stereocenters. The van der Waals surface area contributed by atoms with Crippen LogP contribution < -0.4 is 5.32 Å². The highest BCUT2D eigenvalue weighted by Gasteiger charge is 2.41. The molecule has 0 heterocycles. The number of hydrogen-bond acceptors (Lipinski definition) is 4. The molecular weight excluding hydrogens is 256 g/mol. The molecule has 0 aromatic heterocycles. The number of nitrogens with zero attached hydrogens (tertiary/aromatic N) is 1. The highest BCUT2D eigenvalue weighted by Crippen LogP contribution is 2.34. The number of rotatable bonds is 5. The monoisotopic (exact) mass is 286 g/mol. The molecule has 1 rings (SSSR count). The van der Waals surface area contributed by atoms with Gasteiger partial charge in [0.05, 0.1) is 6.61 Å². The molecule has 1 aliphatic carbocycles.